The summed E-state index contributed by atoms with van der Waals surface area (Å²) in [5, 5.41) is 0. The van der Waals surface area contributed by atoms with Crippen molar-refractivity contribution in [2.75, 3.05) is 39.8 Å². The van der Waals surface area contributed by atoms with Crippen LogP contribution < -0.4 is 4.74 Å². The minimum absolute atomic E-state index is 0.0340. The Morgan fingerprint density at radius 3 is 2.16 bits per heavy atom. The Morgan fingerprint density at radius 2 is 1.61 bits per heavy atom. The lowest BCUT2D eigenvalue weighted by Crippen LogP contribution is -2.52. The maximum atomic E-state index is 13.5. The molecule has 1 aromatic rings. The van der Waals surface area contributed by atoms with E-state index < -0.39 is 0 Å². The van der Waals surface area contributed by atoms with Gasteiger partial charge in [-0.3, -0.25) is 14.4 Å². The van der Waals surface area contributed by atoms with Gasteiger partial charge in [0.05, 0.1) is 19.1 Å². The molecule has 2 aliphatic heterocycles. The van der Waals surface area contributed by atoms with Crippen molar-refractivity contribution in [3.8, 4) is 5.75 Å². The zero-order valence-corrected chi connectivity index (χ0v) is 18.6. The van der Waals surface area contributed by atoms with E-state index in [0.29, 0.717) is 32.7 Å². The van der Waals surface area contributed by atoms with Gasteiger partial charge in [-0.15, -0.1) is 0 Å². The monoisotopic (exact) mass is 427 g/mol. The lowest BCUT2D eigenvalue weighted by Gasteiger charge is -2.37. The van der Waals surface area contributed by atoms with Crippen molar-refractivity contribution >= 4 is 17.7 Å². The molecule has 7 heteroatoms. The number of benzene rings is 1. The van der Waals surface area contributed by atoms with Crippen LogP contribution in [0.4, 0.5) is 0 Å². The lowest BCUT2D eigenvalue weighted by atomic mass is 9.91. The number of likely N-dealkylation sites (tertiary alicyclic amines) is 1. The van der Waals surface area contributed by atoms with Crippen LogP contribution in [0.1, 0.15) is 50.6 Å². The molecule has 0 unspecified atom stereocenters. The van der Waals surface area contributed by atoms with Crippen LogP contribution in [-0.4, -0.2) is 72.3 Å². The first kappa shape index (κ1) is 21.7. The van der Waals surface area contributed by atoms with Crippen LogP contribution in [0.2, 0.25) is 0 Å². The van der Waals surface area contributed by atoms with E-state index in [0.717, 1.165) is 37.0 Å². The number of nitrogens with zero attached hydrogens (tertiary/aromatic N) is 3. The molecule has 0 N–H and O–H groups in total. The van der Waals surface area contributed by atoms with Gasteiger partial charge in [-0.05, 0) is 37.0 Å². The average Bonchev–Trinajstić information content (AvgIpc) is 3.60. The van der Waals surface area contributed by atoms with Gasteiger partial charge in [-0.25, -0.2) is 0 Å². The highest BCUT2D eigenvalue weighted by molar-refractivity contribution is 5.90. The zero-order valence-electron chi connectivity index (χ0n) is 18.6. The first-order valence-electron chi connectivity index (χ1n) is 11.5. The molecular formula is C24H33N3O4. The number of hydrogen-bond donors (Lipinski definition) is 0. The van der Waals surface area contributed by atoms with Crippen molar-refractivity contribution in [1.82, 2.24) is 14.7 Å². The SMILES string of the molecule is CCCCN1C(=O)C[C@H](C(=O)N2CCN(C(=O)C3CC3)CC2)[C@H]1c1ccc(OC)cc1. The molecule has 0 radical (unpaired) electrons. The van der Waals surface area contributed by atoms with E-state index in [9.17, 15) is 14.4 Å². The quantitative estimate of drug-likeness (QED) is 0.670. The Labute approximate surface area is 184 Å². The van der Waals surface area contributed by atoms with Crippen molar-refractivity contribution < 1.29 is 19.1 Å². The topological polar surface area (TPSA) is 70.2 Å². The standard InChI is InChI=1S/C24H33N3O4/c1-3-4-11-27-21(28)16-20(22(27)17-7-9-19(31-2)10-8-17)24(30)26-14-12-25(13-15-26)23(29)18-5-6-18/h7-10,18,20,22H,3-6,11-16H2,1-2H3/t20-,22+/m0/s1. The van der Waals surface area contributed by atoms with Crippen LogP contribution in [0.15, 0.2) is 24.3 Å². The summed E-state index contributed by atoms with van der Waals surface area (Å²) in [4.78, 5) is 44.4. The summed E-state index contributed by atoms with van der Waals surface area (Å²) in [5.74, 6) is 0.907. The number of carbonyl (C=O) groups excluding carboxylic acids is 3. The molecule has 1 aromatic carbocycles. The third kappa shape index (κ3) is 4.55. The summed E-state index contributed by atoms with van der Waals surface area (Å²) in [6, 6.07) is 7.46. The number of carbonyl (C=O) groups is 3. The molecule has 0 aromatic heterocycles. The molecule has 2 atom stereocenters. The van der Waals surface area contributed by atoms with Crippen LogP contribution in [0.5, 0.6) is 5.75 Å². The van der Waals surface area contributed by atoms with Crippen LogP contribution in [0.25, 0.3) is 0 Å². The molecule has 7 nitrogen and oxygen atoms in total. The second kappa shape index (κ2) is 9.28. The summed E-state index contributed by atoms with van der Waals surface area (Å²) in [6.45, 7) is 5.05. The van der Waals surface area contributed by atoms with E-state index in [1.807, 2.05) is 39.0 Å². The summed E-state index contributed by atoms with van der Waals surface area (Å²) in [6.07, 6.45) is 4.16. The number of rotatable bonds is 7. The molecule has 0 spiro atoms. The van der Waals surface area contributed by atoms with E-state index in [1.54, 1.807) is 7.11 Å². The Bertz CT molecular complexity index is 813. The van der Waals surface area contributed by atoms with Gasteiger partial charge >= 0.3 is 0 Å². The number of piperazine rings is 1. The fraction of sp³-hybridized carbons (Fsp3) is 0.625. The zero-order chi connectivity index (χ0) is 22.0. The van der Waals surface area contributed by atoms with Gasteiger partial charge in [0.15, 0.2) is 0 Å². The highest BCUT2D eigenvalue weighted by Gasteiger charge is 2.46. The van der Waals surface area contributed by atoms with Gasteiger partial charge in [0.2, 0.25) is 17.7 Å². The molecule has 1 saturated carbocycles. The van der Waals surface area contributed by atoms with Crippen molar-refractivity contribution in [3.05, 3.63) is 29.8 Å². The molecule has 4 rings (SSSR count). The van der Waals surface area contributed by atoms with Gasteiger partial charge in [-0.1, -0.05) is 25.5 Å². The molecule has 3 aliphatic rings. The lowest BCUT2D eigenvalue weighted by molar-refractivity contribution is -0.143. The second-order valence-electron chi connectivity index (χ2n) is 8.89. The van der Waals surface area contributed by atoms with Crippen molar-refractivity contribution in [2.45, 2.75) is 45.1 Å². The smallest absolute Gasteiger partial charge is 0.228 e. The highest BCUT2D eigenvalue weighted by atomic mass is 16.5. The molecule has 3 amide bonds. The van der Waals surface area contributed by atoms with Crippen LogP contribution in [0.3, 0.4) is 0 Å². The van der Waals surface area contributed by atoms with Gasteiger partial charge in [0, 0.05) is 45.1 Å². The average molecular weight is 428 g/mol. The molecule has 3 fully saturated rings. The Balaban J connectivity index is 1.49. The number of ether oxygens (including phenoxy) is 1. The predicted octanol–water partition coefficient (Wildman–Crippen LogP) is 2.47. The van der Waals surface area contributed by atoms with Crippen LogP contribution >= 0.6 is 0 Å². The van der Waals surface area contributed by atoms with E-state index in [-0.39, 0.29) is 42.0 Å². The largest absolute Gasteiger partial charge is 0.497 e. The fourth-order valence-electron chi connectivity index (χ4n) is 4.79. The van der Waals surface area contributed by atoms with E-state index in [2.05, 4.69) is 6.92 Å². The van der Waals surface area contributed by atoms with Gasteiger partial charge < -0.3 is 19.4 Å². The molecule has 168 valence electrons. The maximum Gasteiger partial charge on any atom is 0.228 e. The molecular weight excluding hydrogens is 394 g/mol. The van der Waals surface area contributed by atoms with E-state index in [1.165, 1.54) is 0 Å². The Kier molecular flexibility index (Phi) is 6.49. The minimum atomic E-state index is -0.386. The number of hydrogen-bond acceptors (Lipinski definition) is 4. The third-order valence-corrected chi connectivity index (χ3v) is 6.79. The van der Waals surface area contributed by atoms with Crippen molar-refractivity contribution in [3.63, 3.8) is 0 Å². The predicted molar refractivity (Wildman–Crippen MR) is 116 cm³/mol. The van der Waals surface area contributed by atoms with Gasteiger partial charge in [-0.2, -0.15) is 0 Å². The summed E-state index contributed by atoms with van der Waals surface area (Å²) >= 11 is 0. The van der Waals surface area contributed by atoms with E-state index >= 15 is 0 Å². The normalized spacial score (nSPS) is 23.9. The van der Waals surface area contributed by atoms with Crippen LogP contribution in [-0.2, 0) is 14.4 Å². The molecule has 1 aliphatic carbocycles. The second-order valence-corrected chi connectivity index (χ2v) is 8.89. The molecule has 31 heavy (non-hydrogen) atoms. The molecule has 2 heterocycles. The van der Waals surface area contributed by atoms with Crippen LogP contribution in [0, 0.1) is 11.8 Å². The third-order valence-electron chi connectivity index (χ3n) is 6.79. The first-order chi connectivity index (χ1) is 15.0. The summed E-state index contributed by atoms with van der Waals surface area (Å²) in [7, 11) is 1.63. The number of methoxy groups -OCH3 is 1. The highest BCUT2D eigenvalue weighted by Crippen LogP contribution is 2.40. The molecule has 2 saturated heterocycles. The Morgan fingerprint density at radius 1 is 1.00 bits per heavy atom. The van der Waals surface area contributed by atoms with Gasteiger partial charge in [0.25, 0.3) is 0 Å². The van der Waals surface area contributed by atoms with Crippen molar-refractivity contribution in [2.24, 2.45) is 11.8 Å². The number of amides is 3. The molecule has 0 bridgehead atoms. The Hall–Kier alpha value is -2.57. The minimum Gasteiger partial charge on any atom is -0.497 e. The summed E-state index contributed by atoms with van der Waals surface area (Å²) in [5.41, 5.74) is 0.976. The van der Waals surface area contributed by atoms with Gasteiger partial charge in [0.1, 0.15) is 5.75 Å². The first-order valence-corrected chi connectivity index (χ1v) is 11.5. The van der Waals surface area contributed by atoms with Crippen molar-refractivity contribution in [1.29, 1.82) is 0 Å². The maximum absolute atomic E-state index is 13.5. The summed E-state index contributed by atoms with van der Waals surface area (Å²) < 4.78 is 5.28. The fourth-order valence-corrected chi connectivity index (χ4v) is 4.79. The van der Waals surface area contributed by atoms with E-state index in [4.69, 9.17) is 4.74 Å². The number of unbranched alkanes of at least 4 members (excludes halogenated alkanes) is 1.